The largest absolute Gasteiger partial charge is 0.309 e. The lowest BCUT2D eigenvalue weighted by molar-refractivity contribution is -0.118. The van der Waals surface area contributed by atoms with Crippen molar-refractivity contribution in [3.63, 3.8) is 0 Å². The molecular formula is C8H17N3O. The molecule has 1 saturated heterocycles. The van der Waals surface area contributed by atoms with Crippen LogP contribution in [0, 0.1) is 0 Å². The van der Waals surface area contributed by atoms with Gasteiger partial charge in [-0.3, -0.25) is 4.79 Å². The van der Waals surface area contributed by atoms with Gasteiger partial charge in [0.15, 0.2) is 5.78 Å². The van der Waals surface area contributed by atoms with Crippen LogP contribution in [-0.4, -0.2) is 30.0 Å². The highest BCUT2D eigenvalue weighted by Gasteiger charge is 2.25. The van der Waals surface area contributed by atoms with E-state index in [4.69, 9.17) is 5.73 Å². The first-order chi connectivity index (χ1) is 5.74. The minimum Gasteiger partial charge on any atom is -0.309 e. The van der Waals surface area contributed by atoms with E-state index in [2.05, 4.69) is 12.3 Å². The van der Waals surface area contributed by atoms with Gasteiger partial charge < -0.3 is 5.73 Å². The van der Waals surface area contributed by atoms with Gasteiger partial charge in [-0.25, -0.2) is 10.4 Å². The van der Waals surface area contributed by atoms with Crippen molar-refractivity contribution >= 4 is 5.78 Å². The lowest BCUT2D eigenvalue weighted by atomic mass is 10.2. The van der Waals surface area contributed by atoms with E-state index in [0.717, 1.165) is 13.0 Å². The van der Waals surface area contributed by atoms with Gasteiger partial charge in [-0.15, -0.1) is 0 Å². The second kappa shape index (κ2) is 4.54. The van der Waals surface area contributed by atoms with Gasteiger partial charge in [0, 0.05) is 6.54 Å². The van der Waals surface area contributed by atoms with Crippen LogP contribution in [0.2, 0.25) is 0 Å². The zero-order valence-corrected chi connectivity index (χ0v) is 7.55. The molecule has 70 valence electrons. The predicted octanol–water partition coefficient (Wildman–Crippen LogP) is -0.149. The fourth-order valence-corrected chi connectivity index (χ4v) is 1.30. The molecule has 1 aliphatic rings. The number of nitrogens with two attached hydrogens (primary N) is 1. The lowest BCUT2D eigenvalue weighted by Gasteiger charge is -2.14. The zero-order chi connectivity index (χ0) is 8.97. The first kappa shape index (κ1) is 9.64. The molecule has 0 bridgehead atoms. The summed E-state index contributed by atoms with van der Waals surface area (Å²) < 4.78 is 0. The minimum atomic E-state index is -0.466. The number of hydrazine groups is 1. The van der Waals surface area contributed by atoms with Gasteiger partial charge in [0.2, 0.25) is 0 Å². The van der Waals surface area contributed by atoms with Gasteiger partial charge in [-0.05, 0) is 6.42 Å². The van der Waals surface area contributed by atoms with Crippen LogP contribution >= 0.6 is 0 Å². The fraction of sp³-hybridized carbons (Fsp3) is 0.875. The summed E-state index contributed by atoms with van der Waals surface area (Å²) in [7, 11) is 0. The van der Waals surface area contributed by atoms with Crippen LogP contribution in [0.5, 0.6) is 0 Å². The summed E-state index contributed by atoms with van der Waals surface area (Å²) in [6, 6.07) is 0. The van der Waals surface area contributed by atoms with Crippen LogP contribution < -0.4 is 11.2 Å². The first-order valence-electron chi connectivity index (χ1n) is 4.53. The highest BCUT2D eigenvalue weighted by molar-refractivity contribution is 5.86. The second-order valence-electron chi connectivity index (χ2n) is 3.20. The molecule has 1 heterocycles. The molecule has 1 atom stereocenters. The van der Waals surface area contributed by atoms with E-state index < -0.39 is 6.17 Å². The SMILES string of the molecule is CCCCCN1CC(=O)C(N)N1. The van der Waals surface area contributed by atoms with Crippen molar-refractivity contribution in [1.82, 2.24) is 10.4 Å². The van der Waals surface area contributed by atoms with Crippen molar-refractivity contribution in [3.05, 3.63) is 0 Å². The fourth-order valence-electron chi connectivity index (χ4n) is 1.30. The topological polar surface area (TPSA) is 58.4 Å². The summed E-state index contributed by atoms with van der Waals surface area (Å²) in [5.74, 6) is 0.0894. The number of Topliss-reactive ketones (excluding diaryl/α,β-unsaturated/α-hetero) is 1. The molecule has 0 spiro atoms. The Balaban J connectivity index is 2.14. The molecule has 3 N–H and O–H groups in total. The number of rotatable bonds is 4. The van der Waals surface area contributed by atoms with Gasteiger partial charge in [0.05, 0.1) is 6.54 Å². The maximum Gasteiger partial charge on any atom is 0.180 e. The molecule has 0 aromatic carbocycles. The number of hydrogen-bond donors (Lipinski definition) is 2. The second-order valence-corrected chi connectivity index (χ2v) is 3.20. The molecule has 1 rings (SSSR count). The quantitative estimate of drug-likeness (QED) is 0.578. The van der Waals surface area contributed by atoms with E-state index in [1.807, 2.05) is 5.01 Å². The van der Waals surface area contributed by atoms with Crippen molar-refractivity contribution in [2.24, 2.45) is 5.73 Å². The Hall–Kier alpha value is -0.450. The van der Waals surface area contributed by atoms with Crippen molar-refractivity contribution in [1.29, 1.82) is 0 Å². The molecule has 0 radical (unpaired) electrons. The number of hydrogen-bond acceptors (Lipinski definition) is 4. The number of ketones is 1. The molecule has 12 heavy (non-hydrogen) atoms. The van der Waals surface area contributed by atoms with Gasteiger partial charge in [-0.1, -0.05) is 19.8 Å². The summed E-state index contributed by atoms with van der Waals surface area (Å²) in [5, 5.41) is 1.91. The Morgan fingerprint density at radius 3 is 2.92 bits per heavy atom. The summed E-state index contributed by atoms with van der Waals surface area (Å²) in [6.07, 6.45) is 3.07. The van der Waals surface area contributed by atoms with Crippen LogP contribution in [0.25, 0.3) is 0 Å². The Bertz CT molecular complexity index is 160. The summed E-state index contributed by atoms with van der Waals surface area (Å²) >= 11 is 0. The van der Waals surface area contributed by atoms with Crippen molar-refractivity contribution in [2.45, 2.75) is 32.4 Å². The molecule has 0 saturated carbocycles. The Morgan fingerprint density at radius 2 is 2.42 bits per heavy atom. The number of carbonyl (C=O) groups excluding carboxylic acids is 1. The molecule has 1 unspecified atom stereocenters. The molecule has 4 heteroatoms. The van der Waals surface area contributed by atoms with Crippen LogP contribution in [-0.2, 0) is 4.79 Å². The van der Waals surface area contributed by atoms with Crippen molar-refractivity contribution in [2.75, 3.05) is 13.1 Å². The summed E-state index contributed by atoms with van der Waals surface area (Å²) in [5.41, 5.74) is 8.39. The molecule has 1 aliphatic heterocycles. The Labute approximate surface area is 73.1 Å². The molecule has 4 nitrogen and oxygen atoms in total. The van der Waals surface area contributed by atoms with Crippen LogP contribution in [0.3, 0.4) is 0 Å². The van der Waals surface area contributed by atoms with Gasteiger partial charge in [0.1, 0.15) is 6.17 Å². The van der Waals surface area contributed by atoms with Crippen LogP contribution in [0.4, 0.5) is 0 Å². The average molecular weight is 171 g/mol. The summed E-state index contributed by atoms with van der Waals surface area (Å²) in [6.45, 7) is 3.55. The Kier molecular flexibility index (Phi) is 3.65. The van der Waals surface area contributed by atoms with E-state index >= 15 is 0 Å². The molecule has 0 aliphatic carbocycles. The first-order valence-corrected chi connectivity index (χ1v) is 4.53. The smallest absolute Gasteiger partial charge is 0.180 e. The van der Waals surface area contributed by atoms with Crippen molar-refractivity contribution < 1.29 is 4.79 Å². The molecular weight excluding hydrogens is 154 g/mol. The number of nitrogens with one attached hydrogen (secondary N) is 1. The predicted molar refractivity (Wildman–Crippen MR) is 47.2 cm³/mol. The highest BCUT2D eigenvalue weighted by atomic mass is 16.1. The number of carbonyl (C=O) groups is 1. The third kappa shape index (κ3) is 2.55. The van der Waals surface area contributed by atoms with Crippen molar-refractivity contribution in [3.8, 4) is 0 Å². The maximum absolute atomic E-state index is 11.0. The van der Waals surface area contributed by atoms with E-state index in [9.17, 15) is 4.79 Å². The van der Waals surface area contributed by atoms with Gasteiger partial charge in [0.25, 0.3) is 0 Å². The zero-order valence-electron chi connectivity index (χ0n) is 7.55. The van der Waals surface area contributed by atoms with Gasteiger partial charge in [-0.2, -0.15) is 0 Å². The average Bonchev–Trinajstić information content (AvgIpc) is 2.32. The monoisotopic (exact) mass is 171 g/mol. The van der Waals surface area contributed by atoms with Crippen LogP contribution in [0.15, 0.2) is 0 Å². The standard InChI is InChI=1S/C8H17N3O/c1-2-3-4-5-11-6-7(12)8(9)10-11/h8,10H,2-6,9H2,1H3. The molecule has 0 amide bonds. The third-order valence-electron chi connectivity index (χ3n) is 2.05. The van der Waals surface area contributed by atoms with Gasteiger partial charge >= 0.3 is 0 Å². The molecule has 0 aromatic heterocycles. The maximum atomic E-state index is 11.0. The van der Waals surface area contributed by atoms with Crippen LogP contribution in [0.1, 0.15) is 26.2 Å². The molecule has 0 aromatic rings. The van der Waals surface area contributed by atoms with E-state index in [0.29, 0.717) is 6.54 Å². The lowest BCUT2D eigenvalue weighted by Crippen LogP contribution is -2.41. The van der Waals surface area contributed by atoms with E-state index in [1.54, 1.807) is 0 Å². The number of unbranched alkanes of at least 4 members (excludes halogenated alkanes) is 2. The highest BCUT2D eigenvalue weighted by Crippen LogP contribution is 2.01. The van der Waals surface area contributed by atoms with E-state index in [1.165, 1.54) is 12.8 Å². The summed E-state index contributed by atoms with van der Waals surface area (Å²) in [4.78, 5) is 11.0. The third-order valence-corrected chi connectivity index (χ3v) is 2.05. The minimum absolute atomic E-state index is 0.0894. The van der Waals surface area contributed by atoms with E-state index in [-0.39, 0.29) is 5.78 Å². The number of nitrogens with zero attached hydrogens (tertiary/aromatic N) is 1. The molecule has 1 fully saturated rings. The Morgan fingerprint density at radius 1 is 1.67 bits per heavy atom. The normalized spacial score (nSPS) is 25.2.